The smallest absolute Gasteiger partial charge is 0.415 e. The molecule has 0 saturated carbocycles. The minimum atomic E-state index is -0.708. The highest BCUT2D eigenvalue weighted by Crippen LogP contribution is 2.35. The van der Waals surface area contributed by atoms with Crippen LogP contribution in [0.15, 0.2) is 60.9 Å². The summed E-state index contributed by atoms with van der Waals surface area (Å²) in [5.74, 6) is 1.68. The highest BCUT2D eigenvalue weighted by atomic mass is 16.6. The van der Waals surface area contributed by atoms with Crippen LogP contribution in [0.1, 0.15) is 61.2 Å². The molecule has 11 nitrogen and oxygen atoms in total. The molecule has 0 atom stereocenters. The molecule has 4 aromatic rings. The van der Waals surface area contributed by atoms with Gasteiger partial charge < -0.3 is 28.8 Å². The van der Waals surface area contributed by atoms with Gasteiger partial charge in [0, 0.05) is 36.7 Å². The molecule has 0 aliphatic carbocycles. The van der Waals surface area contributed by atoms with Gasteiger partial charge in [0.25, 0.3) is 0 Å². The predicted molar refractivity (Wildman–Crippen MR) is 171 cm³/mol. The van der Waals surface area contributed by atoms with Crippen molar-refractivity contribution in [2.24, 2.45) is 0 Å². The number of hydrogen-bond acceptors (Lipinski definition) is 9. The molecule has 0 spiro atoms. The van der Waals surface area contributed by atoms with E-state index in [9.17, 15) is 9.59 Å². The SMILES string of the molecule is CCCN(C(=O)OC(C)(C)C)c1[nH]ccc1C(=O)c1cnc(N2CCc3ccccc32)nc1OCc1cc(OC)ccc1OC. The number of hydrogen-bond donors (Lipinski definition) is 1. The number of aromatic amines is 1. The van der Waals surface area contributed by atoms with Crippen molar-refractivity contribution in [2.45, 2.75) is 52.7 Å². The van der Waals surface area contributed by atoms with Crippen LogP contribution < -0.4 is 24.0 Å². The Hall–Kier alpha value is -5.06. The number of ether oxygens (including phenoxy) is 4. The van der Waals surface area contributed by atoms with Crippen molar-refractivity contribution in [3.05, 3.63) is 83.2 Å². The number of anilines is 3. The number of benzene rings is 2. The van der Waals surface area contributed by atoms with E-state index in [2.05, 4.69) is 16.0 Å². The number of para-hydroxylation sites is 1. The summed E-state index contributed by atoms with van der Waals surface area (Å²) >= 11 is 0. The van der Waals surface area contributed by atoms with Gasteiger partial charge in [-0.2, -0.15) is 4.98 Å². The first-order valence-electron chi connectivity index (χ1n) is 14.9. The van der Waals surface area contributed by atoms with Crippen LogP contribution in [0.5, 0.6) is 17.4 Å². The molecule has 1 aliphatic heterocycles. The second-order valence-electron chi connectivity index (χ2n) is 11.6. The Morgan fingerprint density at radius 1 is 1.04 bits per heavy atom. The zero-order valence-corrected chi connectivity index (χ0v) is 26.5. The Kier molecular flexibility index (Phi) is 9.26. The molecule has 3 heterocycles. The summed E-state index contributed by atoms with van der Waals surface area (Å²) in [6.07, 6.45) is 4.05. The van der Waals surface area contributed by atoms with Gasteiger partial charge in [0.05, 0.1) is 19.8 Å². The number of ketones is 1. The van der Waals surface area contributed by atoms with Crippen LogP contribution in [-0.2, 0) is 17.8 Å². The van der Waals surface area contributed by atoms with Crippen molar-refractivity contribution in [1.29, 1.82) is 0 Å². The lowest BCUT2D eigenvalue weighted by Gasteiger charge is -2.27. The van der Waals surface area contributed by atoms with Gasteiger partial charge in [-0.15, -0.1) is 0 Å². The van der Waals surface area contributed by atoms with Gasteiger partial charge in [-0.3, -0.25) is 9.69 Å². The molecule has 2 aromatic carbocycles. The number of fused-ring (bicyclic) bond motifs is 1. The minimum Gasteiger partial charge on any atom is -0.497 e. The standard InChI is InChI=1S/C34H39N5O6/c1-7-17-39(33(41)45-34(2,3)4)30-25(14-16-35-30)29(40)26-20-36-32(38-18-15-22-10-8-9-11-27(22)38)37-31(26)44-21-23-19-24(42-5)12-13-28(23)43-6/h8-14,16,19-20,35H,7,15,17-18,21H2,1-6H3. The maximum atomic E-state index is 14.2. The normalized spacial score (nSPS) is 12.4. The van der Waals surface area contributed by atoms with Crippen molar-refractivity contribution in [1.82, 2.24) is 15.0 Å². The number of H-pyrrole nitrogens is 1. The van der Waals surface area contributed by atoms with Crippen LogP contribution in [0.4, 0.5) is 22.2 Å². The Balaban J connectivity index is 1.53. The Bertz CT molecular complexity index is 1680. The fraction of sp³-hybridized carbons (Fsp3) is 0.353. The topological polar surface area (TPSA) is 119 Å². The van der Waals surface area contributed by atoms with E-state index < -0.39 is 17.5 Å². The first kappa shape index (κ1) is 31.4. The third-order valence-electron chi connectivity index (χ3n) is 7.27. The Morgan fingerprint density at radius 3 is 2.58 bits per heavy atom. The van der Waals surface area contributed by atoms with Gasteiger partial charge in [-0.25, -0.2) is 9.78 Å². The molecule has 2 aromatic heterocycles. The third kappa shape index (κ3) is 6.87. The molecule has 0 saturated heterocycles. The largest absolute Gasteiger partial charge is 0.497 e. The van der Waals surface area contributed by atoms with Gasteiger partial charge in [0.15, 0.2) is 0 Å². The first-order valence-corrected chi connectivity index (χ1v) is 14.9. The van der Waals surface area contributed by atoms with E-state index >= 15 is 0 Å². The van der Waals surface area contributed by atoms with Crippen LogP contribution in [0.2, 0.25) is 0 Å². The van der Waals surface area contributed by atoms with Crippen molar-refractivity contribution < 1.29 is 28.5 Å². The second kappa shape index (κ2) is 13.3. The molecule has 1 amide bonds. The lowest BCUT2D eigenvalue weighted by Crippen LogP contribution is -2.38. The molecular formula is C34H39N5O6. The highest BCUT2D eigenvalue weighted by molar-refractivity contribution is 6.14. The number of nitrogens with zero attached hydrogens (tertiary/aromatic N) is 4. The van der Waals surface area contributed by atoms with Gasteiger partial charge >= 0.3 is 6.09 Å². The number of aromatic nitrogens is 3. The van der Waals surface area contributed by atoms with E-state index in [1.54, 1.807) is 59.4 Å². The van der Waals surface area contributed by atoms with Crippen molar-refractivity contribution in [2.75, 3.05) is 37.1 Å². The monoisotopic (exact) mass is 613 g/mol. The molecular weight excluding hydrogens is 574 g/mol. The summed E-state index contributed by atoms with van der Waals surface area (Å²) < 4.78 is 22.9. The summed E-state index contributed by atoms with van der Waals surface area (Å²) in [7, 11) is 3.16. The van der Waals surface area contributed by atoms with Crippen molar-refractivity contribution in [3.63, 3.8) is 0 Å². The number of amides is 1. The second-order valence-corrected chi connectivity index (χ2v) is 11.6. The molecule has 0 fully saturated rings. The molecule has 1 aliphatic rings. The average molecular weight is 614 g/mol. The summed E-state index contributed by atoms with van der Waals surface area (Å²) in [6.45, 7) is 8.44. The fourth-order valence-corrected chi connectivity index (χ4v) is 5.19. The summed E-state index contributed by atoms with van der Waals surface area (Å²) in [4.78, 5) is 43.3. The quantitative estimate of drug-likeness (QED) is 0.190. The van der Waals surface area contributed by atoms with E-state index in [0.29, 0.717) is 48.3 Å². The van der Waals surface area contributed by atoms with Crippen molar-refractivity contribution >= 4 is 29.3 Å². The molecule has 1 N–H and O–H groups in total. The van der Waals surface area contributed by atoms with Crippen LogP contribution in [-0.4, -0.2) is 59.7 Å². The van der Waals surface area contributed by atoms with Gasteiger partial charge in [0.1, 0.15) is 35.1 Å². The molecule has 0 unspecified atom stereocenters. The summed E-state index contributed by atoms with van der Waals surface area (Å²) in [5.41, 5.74) is 2.62. The summed E-state index contributed by atoms with van der Waals surface area (Å²) in [5, 5.41) is 0. The number of rotatable bonds is 11. The van der Waals surface area contributed by atoms with E-state index in [1.807, 2.05) is 36.1 Å². The fourth-order valence-electron chi connectivity index (χ4n) is 5.19. The molecule has 0 bridgehead atoms. The number of methoxy groups -OCH3 is 2. The molecule has 0 radical (unpaired) electrons. The van der Waals surface area contributed by atoms with Crippen LogP contribution in [0, 0.1) is 0 Å². The lowest BCUT2D eigenvalue weighted by atomic mass is 10.1. The van der Waals surface area contributed by atoms with E-state index in [1.165, 1.54) is 16.7 Å². The number of carbonyl (C=O) groups is 2. The lowest BCUT2D eigenvalue weighted by molar-refractivity contribution is 0.0579. The zero-order chi connectivity index (χ0) is 32.1. The average Bonchev–Trinajstić information content (AvgIpc) is 3.69. The van der Waals surface area contributed by atoms with Gasteiger partial charge in [-0.1, -0.05) is 25.1 Å². The first-order chi connectivity index (χ1) is 21.6. The van der Waals surface area contributed by atoms with E-state index in [-0.39, 0.29) is 23.6 Å². The Labute approximate surface area is 263 Å². The maximum absolute atomic E-state index is 14.2. The number of carbonyl (C=O) groups excluding carboxylic acids is 2. The zero-order valence-electron chi connectivity index (χ0n) is 26.5. The van der Waals surface area contributed by atoms with E-state index in [0.717, 1.165) is 12.1 Å². The molecule has 11 heteroatoms. The molecule has 236 valence electrons. The molecule has 5 rings (SSSR count). The van der Waals surface area contributed by atoms with E-state index in [4.69, 9.17) is 23.9 Å². The van der Waals surface area contributed by atoms with Crippen molar-refractivity contribution in [3.8, 4) is 17.4 Å². The predicted octanol–water partition coefficient (Wildman–Crippen LogP) is 6.48. The van der Waals surface area contributed by atoms with Crippen LogP contribution in [0.3, 0.4) is 0 Å². The Morgan fingerprint density at radius 2 is 1.84 bits per heavy atom. The van der Waals surface area contributed by atoms with Crippen LogP contribution in [0.25, 0.3) is 0 Å². The molecule has 45 heavy (non-hydrogen) atoms. The maximum Gasteiger partial charge on any atom is 0.415 e. The minimum absolute atomic E-state index is 0.0492. The highest BCUT2D eigenvalue weighted by Gasteiger charge is 2.30. The van der Waals surface area contributed by atoms with Gasteiger partial charge in [0.2, 0.25) is 17.6 Å². The van der Waals surface area contributed by atoms with Crippen LogP contribution >= 0.6 is 0 Å². The van der Waals surface area contributed by atoms with Gasteiger partial charge in [-0.05, 0) is 69.5 Å². The summed E-state index contributed by atoms with van der Waals surface area (Å²) in [6, 6.07) is 15.1. The number of nitrogens with one attached hydrogen (secondary N) is 1. The third-order valence-corrected chi connectivity index (χ3v) is 7.27.